The third-order valence-corrected chi connectivity index (χ3v) is 4.89. The van der Waals surface area contributed by atoms with Gasteiger partial charge in [0.2, 0.25) is 5.91 Å². The van der Waals surface area contributed by atoms with Crippen LogP contribution >= 0.6 is 0 Å². The lowest BCUT2D eigenvalue weighted by Gasteiger charge is -2.27. The predicted molar refractivity (Wildman–Crippen MR) is 101 cm³/mol. The van der Waals surface area contributed by atoms with Gasteiger partial charge in [-0.2, -0.15) is 0 Å². The average molecular weight is 332 g/mol. The van der Waals surface area contributed by atoms with E-state index in [1.54, 1.807) is 0 Å². The second-order valence-corrected chi connectivity index (χ2v) is 6.55. The second kappa shape index (κ2) is 6.93. The van der Waals surface area contributed by atoms with E-state index in [1.165, 1.54) is 5.39 Å². The van der Waals surface area contributed by atoms with Gasteiger partial charge in [-0.15, -0.1) is 0 Å². The number of amides is 1. The molecule has 0 spiro atoms. The molecule has 1 fully saturated rings. The molecule has 0 unspecified atom stereocenters. The fourth-order valence-electron chi connectivity index (χ4n) is 3.44. The van der Waals surface area contributed by atoms with Crippen molar-refractivity contribution in [1.29, 1.82) is 0 Å². The molecule has 25 heavy (non-hydrogen) atoms. The lowest BCUT2D eigenvalue weighted by molar-refractivity contribution is -0.330. The van der Waals surface area contributed by atoms with Gasteiger partial charge in [0.1, 0.15) is 5.52 Å². The van der Waals surface area contributed by atoms with Crippen molar-refractivity contribution in [2.24, 2.45) is 5.92 Å². The van der Waals surface area contributed by atoms with Crippen molar-refractivity contribution in [2.45, 2.75) is 12.8 Å². The van der Waals surface area contributed by atoms with Crippen molar-refractivity contribution >= 4 is 28.3 Å². The van der Waals surface area contributed by atoms with Crippen molar-refractivity contribution in [3.63, 3.8) is 0 Å². The Morgan fingerprint density at radius 1 is 0.920 bits per heavy atom. The number of nitrogens with one attached hydrogen (secondary N) is 2. The molecule has 3 aromatic rings. The molecule has 0 saturated carbocycles. The highest BCUT2D eigenvalue weighted by atomic mass is 16.1. The maximum atomic E-state index is 12.4. The number of piperidine rings is 1. The van der Waals surface area contributed by atoms with Crippen molar-refractivity contribution in [2.75, 3.05) is 23.3 Å². The zero-order valence-corrected chi connectivity index (χ0v) is 14.1. The molecule has 2 heterocycles. The fourth-order valence-corrected chi connectivity index (χ4v) is 3.44. The summed E-state index contributed by atoms with van der Waals surface area (Å²) >= 11 is 0. The number of anilines is 2. The number of fused-ring (bicyclic) bond motifs is 1. The van der Waals surface area contributed by atoms with E-state index >= 15 is 0 Å². The lowest BCUT2D eigenvalue weighted by atomic mass is 9.95. The van der Waals surface area contributed by atoms with Crippen LogP contribution in [0.2, 0.25) is 0 Å². The number of nitrogens with zero attached hydrogens (tertiary/aromatic N) is 1. The van der Waals surface area contributed by atoms with Gasteiger partial charge in [0.25, 0.3) is 5.82 Å². The number of benzene rings is 2. The summed E-state index contributed by atoms with van der Waals surface area (Å²) in [5.74, 6) is 1.34. The van der Waals surface area contributed by atoms with Crippen LogP contribution in [0, 0.1) is 5.92 Å². The van der Waals surface area contributed by atoms with Crippen molar-refractivity contribution in [3.8, 4) is 0 Å². The number of hydrogen-bond acceptors (Lipinski definition) is 2. The highest BCUT2D eigenvalue weighted by Gasteiger charge is 2.29. The zero-order chi connectivity index (χ0) is 17.1. The van der Waals surface area contributed by atoms with Crippen LogP contribution in [0.5, 0.6) is 0 Å². The number of para-hydroxylation sites is 2. The summed E-state index contributed by atoms with van der Waals surface area (Å²) in [4.78, 5) is 18.3. The summed E-state index contributed by atoms with van der Waals surface area (Å²) < 4.78 is 0. The molecule has 126 valence electrons. The number of carbonyl (C=O) groups is 1. The quantitative estimate of drug-likeness (QED) is 0.798. The molecule has 4 rings (SSSR count). The van der Waals surface area contributed by atoms with Gasteiger partial charge in [0.05, 0.1) is 13.1 Å². The number of aromatic nitrogens is 1. The topological polar surface area (TPSA) is 46.5 Å². The standard InChI is InChI=1S/C21H21N3O/c25-21(22-18-7-2-1-3-8-18)17-12-14-24(15-13-17)20-11-10-16-6-4-5-9-19(16)23-20/h1-11,17H,12-15H2,(H,22,25)/p+1. The Bertz CT molecular complexity index is 870. The molecule has 1 amide bonds. The Kier molecular flexibility index (Phi) is 4.34. The predicted octanol–water partition coefficient (Wildman–Crippen LogP) is 3.51. The van der Waals surface area contributed by atoms with Crippen LogP contribution in [-0.4, -0.2) is 19.0 Å². The van der Waals surface area contributed by atoms with Gasteiger partial charge in [0, 0.05) is 23.1 Å². The Morgan fingerprint density at radius 2 is 1.64 bits per heavy atom. The third kappa shape index (κ3) is 3.48. The first-order valence-electron chi connectivity index (χ1n) is 8.81. The molecular formula is C21H22N3O+. The minimum absolute atomic E-state index is 0.0805. The zero-order valence-electron chi connectivity index (χ0n) is 14.1. The first-order chi connectivity index (χ1) is 12.3. The number of hydrogen-bond donors (Lipinski definition) is 1. The van der Waals surface area contributed by atoms with E-state index in [1.807, 2.05) is 42.5 Å². The summed E-state index contributed by atoms with van der Waals surface area (Å²) in [6.45, 7) is 1.78. The number of rotatable bonds is 3. The monoisotopic (exact) mass is 332 g/mol. The minimum Gasteiger partial charge on any atom is -0.326 e. The SMILES string of the molecule is O=C(Nc1ccccc1)C1CCN(c2ccc3ccccc3[nH+]2)CC1. The van der Waals surface area contributed by atoms with Gasteiger partial charge in [-0.1, -0.05) is 36.4 Å². The summed E-state index contributed by atoms with van der Waals surface area (Å²) in [6, 6.07) is 22.3. The van der Waals surface area contributed by atoms with Crippen LogP contribution in [0.15, 0.2) is 66.7 Å². The van der Waals surface area contributed by atoms with E-state index in [4.69, 9.17) is 0 Å². The van der Waals surface area contributed by atoms with E-state index in [0.29, 0.717) is 0 Å². The van der Waals surface area contributed by atoms with Crippen molar-refractivity contribution < 1.29 is 9.78 Å². The van der Waals surface area contributed by atoms with Gasteiger partial charge < -0.3 is 5.32 Å². The Balaban J connectivity index is 1.39. The Labute approximate surface area is 147 Å². The fraction of sp³-hybridized carbons (Fsp3) is 0.238. The van der Waals surface area contributed by atoms with Gasteiger partial charge in [-0.25, -0.2) is 4.98 Å². The molecule has 4 nitrogen and oxygen atoms in total. The molecule has 1 saturated heterocycles. The van der Waals surface area contributed by atoms with Gasteiger partial charge >= 0.3 is 0 Å². The first-order valence-corrected chi connectivity index (χ1v) is 8.81. The number of H-pyrrole nitrogens is 1. The van der Waals surface area contributed by atoms with Gasteiger partial charge in [-0.3, -0.25) is 9.69 Å². The molecule has 1 aliphatic rings. The van der Waals surface area contributed by atoms with E-state index < -0.39 is 0 Å². The van der Waals surface area contributed by atoms with E-state index in [0.717, 1.165) is 43.0 Å². The highest BCUT2D eigenvalue weighted by Crippen LogP contribution is 2.23. The Morgan fingerprint density at radius 3 is 2.44 bits per heavy atom. The average Bonchev–Trinajstić information content (AvgIpc) is 2.68. The lowest BCUT2D eigenvalue weighted by Crippen LogP contribution is -2.40. The normalized spacial score (nSPS) is 15.3. The summed E-state index contributed by atoms with van der Waals surface area (Å²) in [5, 5.41) is 4.24. The number of pyridine rings is 1. The molecule has 2 N–H and O–H groups in total. The summed E-state index contributed by atoms with van der Waals surface area (Å²) in [7, 11) is 0. The third-order valence-electron chi connectivity index (χ3n) is 4.89. The smallest absolute Gasteiger partial charge is 0.274 e. The van der Waals surface area contributed by atoms with Crippen LogP contribution in [0.1, 0.15) is 12.8 Å². The first kappa shape index (κ1) is 15.6. The van der Waals surface area contributed by atoms with Crippen LogP contribution in [0.4, 0.5) is 11.5 Å². The van der Waals surface area contributed by atoms with Crippen LogP contribution < -0.4 is 15.2 Å². The molecule has 0 aliphatic carbocycles. The van der Waals surface area contributed by atoms with Crippen LogP contribution in [-0.2, 0) is 4.79 Å². The molecule has 4 heteroatoms. The largest absolute Gasteiger partial charge is 0.326 e. The molecule has 0 atom stereocenters. The molecule has 0 radical (unpaired) electrons. The minimum atomic E-state index is 0.0805. The number of aromatic amines is 1. The second-order valence-electron chi connectivity index (χ2n) is 6.55. The summed E-state index contributed by atoms with van der Waals surface area (Å²) in [5.41, 5.74) is 2.02. The molecular weight excluding hydrogens is 310 g/mol. The van der Waals surface area contributed by atoms with E-state index in [-0.39, 0.29) is 11.8 Å². The molecule has 0 bridgehead atoms. The highest BCUT2D eigenvalue weighted by molar-refractivity contribution is 5.92. The summed E-state index contributed by atoms with van der Waals surface area (Å²) in [6.07, 6.45) is 1.75. The van der Waals surface area contributed by atoms with Crippen molar-refractivity contribution in [1.82, 2.24) is 0 Å². The number of carbonyl (C=O) groups excluding carboxylic acids is 1. The maximum absolute atomic E-state index is 12.4. The van der Waals surface area contributed by atoms with Crippen molar-refractivity contribution in [3.05, 3.63) is 66.7 Å². The molecule has 1 aliphatic heterocycles. The van der Waals surface area contributed by atoms with Gasteiger partial charge in [0.15, 0.2) is 0 Å². The van der Waals surface area contributed by atoms with E-state index in [9.17, 15) is 4.79 Å². The van der Waals surface area contributed by atoms with Crippen LogP contribution in [0.25, 0.3) is 10.9 Å². The maximum Gasteiger partial charge on any atom is 0.274 e. The van der Waals surface area contributed by atoms with Crippen LogP contribution in [0.3, 0.4) is 0 Å². The Hall–Kier alpha value is -2.88. The van der Waals surface area contributed by atoms with Gasteiger partial charge in [-0.05, 0) is 37.1 Å². The van der Waals surface area contributed by atoms with E-state index in [2.05, 4.69) is 39.5 Å². The molecule has 2 aromatic carbocycles. The molecule has 1 aromatic heterocycles.